The van der Waals surface area contributed by atoms with Crippen molar-refractivity contribution in [3.8, 4) is 0 Å². The van der Waals surface area contributed by atoms with Gasteiger partial charge in [0.2, 0.25) is 5.91 Å². The fraction of sp³-hybridized carbons (Fsp3) is 0.364. The highest BCUT2D eigenvalue weighted by molar-refractivity contribution is 7.35. The van der Waals surface area contributed by atoms with Gasteiger partial charge in [-0.1, -0.05) is 0 Å². The summed E-state index contributed by atoms with van der Waals surface area (Å²) in [5, 5.41) is 5.61. The molecule has 1 aliphatic heterocycles. The molecule has 3 rings (SSSR count). The highest BCUT2D eigenvalue weighted by Crippen LogP contribution is 2.33. The van der Waals surface area contributed by atoms with Crippen LogP contribution in [-0.4, -0.2) is 34.2 Å². The van der Waals surface area contributed by atoms with Crippen molar-refractivity contribution < 1.29 is 4.79 Å². The Balaban J connectivity index is 2.37. The van der Waals surface area contributed by atoms with Crippen LogP contribution in [0.5, 0.6) is 0 Å². The normalized spacial score (nSPS) is 16.1. The van der Waals surface area contributed by atoms with E-state index in [9.17, 15) is 4.79 Å². The molecule has 6 heteroatoms. The van der Waals surface area contributed by atoms with Gasteiger partial charge in [0.1, 0.15) is 5.82 Å². The third-order valence-corrected chi connectivity index (χ3v) is 3.89. The molecule has 0 spiro atoms. The van der Waals surface area contributed by atoms with E-state index in [1.54, 1.807) is 18.1 Å². The van der Waals surface area contributed by atoms with E-state index in [2.05, 4.69) is 16.7 Å². The zero-order valence-electron chi connectivity index (χ0n) is 9.77. The minimum atomic E-state index is 0.105. The van der Waals surface area contributed by atoms with Crippen molar-refractivity contribution in [2.75, 3.05) is 18.6 Å². The predicted octanol–water partition coefficient (Wildman–Crippen LogP) is 1.41. The van der Waals surface area contributed by atoms with Crippen LogP contribution in [0.3, 0.4) is 0 Å². The van der Waals surface area contributed by atoms with Gasteiger partial charge < -0.3 is 0 Å². The third kappa shape index (κ3) is 1.46. The van der Waals surface area contributed by atoms with Gasteiger partial charge in [0.25, 0.3) is 0 Å². The monoisotopic (exact) mass is 248 g/mol. The molecule has 1 unspecified atom stereocenters. The SMILES string of the molecule is CPn1nc2c3c(nccc31)N(C)C(=O)CC2. The van der Waals surface area contributed by atoms with Crippen LogP contribution in [0.25, 0.3) is 10.9 Å². The molecule has 0 fully saturated rings. The fourth-order valence-electron chi connectivity index (χ4n) is 2.23. The molecule has 0 bridgehead atoms. The highest BCUT2D eigenvalue weighted by atomic mass is 31.1. The highest BCUT2D eigenvalue weighted by Gasteiger charge is 2.24. The Kier molecular flexibility index (Phi) is 2.37. The van der Waals surface area contributed by atoms with Gasteiger partial charge in [-0.05, 0) is 12.7 Å². The Morgan fingerprint density at radius 3 is 3.00 bits per heavy atom. The summed E-state index contributed by atoms with van der Waals surface area (Å²) in [5.74, 6) is 0.845. The topological polar surface area (TPSA) is 51.0 Å². The summed E-state index contributed by atoms with van der Waals surface area (Å²) in [5.41, 5.74) is 2.07. The van der Waals surface area contributed by atoms with E-state index in [4.69, 9.17) is 0 Å². The molecule has 0 N–H and O–H groups in total. The average molecular weight is 248 g/mol. The Hall–Kier alpha value is -1.48. The first-order valence-corrected chi connectivity index (χ1v) is 6.98. The molecular formula is C11H13N4OP. The number of hydrogen-bond acceptors (Lipinski definition) is 3. The molecule has 0 radical (unpaired) electrons. The van der Waals surface area contributed by atoms with E-state index in [0.29, 0.717) is 21.6 Å². The maximum atomic E-state index is 11.8. The van der Waals surface area contributed by atoms with Crippen molar-refractivity contribution >= 4 is 31.4 Å². The van der Waals surface area contributed by atoms with Gasteiger partial charge in [0.05, 0.1) is 16.6 Å². The summed E-state index contributed by atoms with van der Waals surface area (Å²) in [4.78, 5) is 17.8. The van der Waals surface area contributed by atoms with E-state index in [0.717, 1.165) is 22.4 Å². The number of aromatic nitrogens is 3. The van der Waals surface area contributed by atoms with Gasteiger partial charge in [-0.3, -0.25) is 9.69 Å². The van der Waals surface area contributed by atoms with Gasteiger partial charge in [-0.25, -0.2) is 9.44 Å². The molecule has 0 saturated carbocycles. The largest absolute Gasteiger partial charge is 0.299 e. The van der Waals surface area contributed by atoms with Gasteiger partial charge in [0.15, 0.2) is 0 Å². The lowest BCUT2D eigenvalue weighted by molar-refractivity contribution is -0.118. The van der Waals surface area contributed by atoms with Gasteiger partial charge in [0, 0.05) is 34.8 Å². The number of carbonyl (C=O) groups is 1. The Bertz CT molecular complexity index is 607. The molecule has 1 amide bonds. The zero-order valence-corrected chi connectivity index (χ0v) is 10.8. The number of aryl methyl sites for hydroxylation is 1. The maximum absolute atomic E-state index is 11.8. The van der Waals surface area contributed by atoms with Crippen molar-refractivity contribution in [2.24, 2.45) is 0 Å². The second kappa shape index (κ2) is 3.77. The van der Waals surface area contributed by atoms with Crippen LogP contribution >= 0.6 is 8.73 Å². The number of pyridine rings is 1. The van der Waals surface area contributed by atoms with Gasteiger partial charge in [-0.15, -0.1) is 0 Å². The van der Waals surface area contributed by atoms with Crippen LogP contribution < -0.4 is 4.90 Å². The third-order valence-electron chi connectivity index (χ3n) is 3.13. The lowest BCUT2D eigenvalue weighted by atomic mass is 10.2. The molecule has 5 nitrogen and oxygen atoms in total. The second-order valence-electron chi connectivity index (χ2n) is 4.06. The number of hydrogen-bond donors (Lipinski definition) is 0. The summed E-state index contributed by atoms with van der Waals surface area (Å²) >= 11 is 0. The lowest BCUT2D eigenvalue weighted by Crippen LogP contribution is -2.26. The second-order valence-corrected chi connectivity index (χ2v) is 4.93. The van der Waals surface area contributed by atoms with Crippen LogP contribution in [0.1, 0.15) is 12.1 Å². The molecule has 2 aromatic heterocycles. The maximum Gasteiger partial charge on any atom is 0.228 e. The fourth-order valence-corrected chi connectivity index (χ4v) is 2.88. The van der Waals surface area contributed by atoms with Crippen molar-refractivity contribution in [1.82, 2.24) is 14.5 Å². The van der Waals surface area contributed by atoms with E-state index in [-0.39, 0.29) is 5.91 Å². The van der Waals surface area contributed by atoms with Crippen molar-refractivity contribution in [1.29, 1.82) is 0 Å². The van der Waals surface area contributed by atoms with Crippen LogP contribution in [0.2, 0.25) is 0 Å². The smallest absolute Gasteiger partial charge is 0.228 e. The molecule has 0 aromatic carbocycles. The Morgan fingerprint density at radius 2 is 2.24 bits per heavy atom. The van der Waals surface area contributed by atoms with Crippen molar-refractivity contribution in [3.63, 3.8) is 0 Å². The molecular weight excluding hydrogens is 235 g/mol. The van der Waals surface area contributed by atoms with Crippen molar-refractivity contribution in [2.45, 2.75) is 12.8 Å². The first kappa shape index (κ1) is 10.7. The van der Waals surface area contributed by atoms with E-state index >= 15 is 0 Å². The predicted molar refractivity (Wildman–Crippen MR) is 68.9 cm³/mol. The van der Waals surface area contributed by atoms with E-state index in [1.165, 1.54) is 0 Å². The van der Waals surface area contributed by atoms with Gasteiger partial charge >= 0.3 is 0 Å². The minimum Gasteiger partial charge on any atom is -0.299 e. The molecule has 0 aliphatic carbocycles. The van der Waals surface area contributed by atoms with Crippen LogP contribution in [0.15, 0.2) is 12.3 Å². The first-order chi connectivity index (χ1) is 8.22. The Labute approximate surface area is 101 Å². The van der Waals surface area contributed by atoms with Crippen molar-refractivity contribution in [3.05, 3.63) is 18.0 Å². The summed E-state index contributed by atoms with van der Waals surface area (Å²) in [6, 6.07) is 1.97. The number of carbonyl (C=O) groups excluding carboxylic acids is 1. The zero-order chi connectivity index (χ0) is 12.0. The molecule has 3 heterocycles. The molecule has 2 aromatic rings. The number of amides is 1. The molecule has 88 valence electrons. The van der Waals surface area contributed by atoms with Gasteiger partial charge in [-0.2, -0.15) is 5.10 Å². The quantitative estimate of drug-likeness (QED) is 0.717. The number of anilines is 1. The summed E-state index contributed by atoms with van der Waals surface area (Å²) in [6.45, 7) is 2.09. The van der Waals surface area contributed by atoms with E-state index in [1.807, 2.05) is 10.5 Å². The standard InChI is InChI=1S/C11H13N4OP/c1-14-9(16)4-3-7-10-8(15(13-7)17-2)5-6-12-11(10)14/h5-6,17H,3-4H2,1-2H3. The summed E-state index contributed by atoms with van der Waals surface area (Å²) < 4.78 is 2.00. The molecule has 17 heavy (non-hydrogen) atoms. The first-order valence-electron chi connectivity index (χ1n) is 5.53. The summed E-state index contributed by atoms with van der Waals surface area (Å²) in [7, 11) is 2.37. The summed E-state index contributed by atoms with van der Waals surface area (Å²) in [6.07, 6.45) is 2.95. The molecule has 0 saturated heterocycles. The van der Waals surface area contributed by atoms with Crippen LogP contribution in [-0.2, 0) is 11.2 Å². The molecule has 1 aliphatic rings. The Morgan fingerprint density at radius 1 is 1.41 bits per heavy atom. The average Bonchev–Trinajstić information content (AvgIpc) is 2.67. The van der Waals surface area contributed by atoms with Crippen LogP contribution in [0.4, 0.5) is 5.82 Å². The van der Waals surface area contributed by atoms with Crippen LogP contribution in [0, 0.1) is 0 Å². The number of nitrogens with zero attached hydrogens (tertiary/aromatic N) is 4. The lowest BCUT2D eigenvalue weighted by Gasteiger charge is -2.14. The minimum absolute atomic E-state index is 0.105. The number of rotatable bonds is 1. The molecule has 1 atom stereocenters. The van der Waals surface area contributed by atoms with E-state index < -0.39 is 0 Å².